The molecule has 8 heteroatoms. The average molecular weight is 469 g/mol. The van der Waals surface area contributed by atoms with E-state index < -0.39 is 12.0 Å². The Morgan fingerprint density at radius 2 is 1.91 bits per heavy atom. The van der Waals surface area contributed by atoms with Crippen molar-refractivity contribution < 1.29 is 19.5 Å². The van der Waals surface area contributed by atoms with E-state index in [1.807, 2.05) is 12.1 Å². The van der Waals surface area contributed by atoms with E-state index in [4.69, 9.17) is 23.2 Å². The quantitative estimate of drug-likeness (QED) is 0.596. The number of Topliss-reactive ketones (excluding diaryl/α,β-unsaturated/α-hetero) is 1. The Hall–Kier alpha value is -3.22. The van der Waals surface area contributed by atoms with Crippen molar-refractivity contribution in [3.8, 4) is 0 Å². The van der Waals surface area contributed by atoms with Gasteiger partial charge in [0.2, 0.25) is 0 Å². The second-order valence-corrected chi connectivity index (χ2v) is 8.38. The van der Waals surface area contributed by atoms with Crippen molar-refractivity contribution in [1.29, 1.82) is 0 Å². The fraction of sp³-hybridized carbons (Fsp3) is 0.167. The van der Waals surface area contributed by atoms with Crippen LogP contribution in [0, 0.1) is 0 Å². The second kappa shape index (κ2) is 9.10. The van der Waals surface area contributed by atoms with Crippen molar-refractivity contribution in [2.24, 2.45) is 0 Å². The van der Waals surface area contributed by atoms with Crippen molar-refractivity contribution in [3.05, 3.63) is 98.8 Å². The Balaban J connectivity index is 1.75. The van der Waals surface area contributed by atoms with Crippen LogP contribution in [-0.4, -0.2) is 38.7 Å². The number of fused-ring (bicyclic) bond motifs is 1. The lowest BCUT2D eigenvalue weighted by Crippen LogP contribution is -2.45. The number of amides is 1. The number of aromatic carboxylic acids is 1. The van der Waals surface area contributed by atoms with E-state index in [1.54, 1.807) is 36.5 Å². The molecule has 3 aromatic rings. The molecular weight excluding hydrogens is 451 g/mol. The van der Waals surface area contributed by atoms with Gasteiger partial charge in [-0.05, 0) is 53.6 Å². The maximum absolute atomic E-state index is 13.5. The third kappa shape index (κ3) is 4.52. The molecule has 2 heterocycles. The molecule has 1 amide bonds. The van der Waals surface area contributed by atoms with Crippen LogP contribution in [0.15, 0.2) is 60.8 Å². The molecule has 0 fully saturated rings. The molecule has 1 N–H and O–H groups in total. The van der Waals surface area contributed by atoms with Gasteiger partial charge in [-0.3, -0.25) is 14.6 Å². The summed E-state index contributed by atoms with van der Waals surface area (Å²) in [6.07, 6.45) is 1.98. The summed E-state index contributed by atoms with van der Waals surface area (Å²) in [5, 5.41) is 9.74. The SMILES string of the molecule is O=C(O)c1ccc(CN2C(=O)c3ccc(Cl)cc3CC(=O)[C@H]2Cc2ccccn2)cc1Cl. The van der Waals surface area contributed by atoms with Gasteiger partial charge in [-0.1, -0.05) is 35.3 Å². The number of pyridine rings is 1. The molecule has 6 nitrogen and oxygen atoms in total. The average Bonchev–Trinajstić information content (AvgIpc) is 2.84. The first-order chi connectivity index (χ1) is 15.3. The number of rotatable bonds is 5. The van der Waals surface area contributed by atoms with Gasteiger partial charge in [-0.25, -0.2) is 4.79 Å². The summed E-state index contributed by atoms with van der Waals surface area (Å²) in [7, 11) is 0. The van der Waals surface area contributed by atoms with Gasteiger partial charge < -0.3 is 10.0 Å². The number of hydrogen-bond acceptors (Lipinski definition) is 4. The molecule has 1 aliphatic heterocycles. The summed E-state index contributed by atoms with van der Waals surface area (Å²) in [5.74, 6) is -1.57. The summed E-state index contributed by atoms with van der Waals surface area (Å²) in [6, 6.07) is 14.1. The predicted octanol–water partition coefficient (Wildman–Crippen LogP) is 4.47. The zero-order chi connectivity index (χ0) is 22.8. The fourth-order valence-electron chi connectivity index (χ4n) is 3.84. The highest BCUT2D eigenvalue weighted by atomic mass is 35.5. The highest BCUT2D eigenvalue weighted by Crippen LogP contribution is 2.28. The van der Waals surface area contributed by atoms with Crippen LogP contribution in [0.4, 0.5) is 0 Å². The maximum atomic E-state index is 13.5. The number of nitrogens with zero attached hydrogens (tertiary/aromatic N) is 2. The number of hydrogen-bond donors (Lipinski definition) is 1. The topological polar surface area (TPSA) is 87.6 Å². The lowest BCUT2D eigenvalue weighted by molar-refractivity contribution is -0.122. The number of carboxylic acid groups (broad SMARTS) is 1. The number of benzene rings is 2. The minimum absolute atomic E-state index is 0.0290. The van der Waals surface area contributed by atoms with Crippen LogP contribution >= 0.6 is 23.2 Å². The molecule has 0 unspecified atom stereocenters. The molecule has 32 heavy (non-hydrogen) atoms. The van der Waals surface area contributed by atoms with Gasteiger partial charge in [0.25, 0.3) is 5.91 Å². The van der Waals surface area contributed by atoms with Gasteiger partial charge in [0.1, 0.15) is 0 Å². The van der Waals surface area contributed by atoms with Crippen molar-refractivity contribution in [1.82, 2.24) is 9.88 Å². The zero-order valence-electron chi connectivity index (χ0n) is 16.8. The molecule has 0 radical (unpaired) electrons. The number of carbonyl (C=O) groups excluding carboxylic acids is 2. The van der Waals surface area contributed by atoms with E-state index in [0.29, 0.717) is 27.4 Å². The summed E-state index contributed by atoms with van der Waals surface area (Å²) in [6.45, 7) is 0.0871. The highest BCUT2D eigenvalue weighted by molar-refractivity contribution is 6.33. The van der Waals surface area contributed by atoms with Gasteiger partial charge in [0.15, 0.2) is 5.78 Å². The van der Waals surface area contributed by atoms with Crippen LogP contribution < -0.4 is 0 Å². The van der Waals surface area contributed by atoms with Gasteiger partial charge in [-0.15, -0.1) is 0 Å². The third-order valence-electron chi connectivity index (χ3n) is 5.42. The molecule has 1 aromatic heterocycles. The van der Waals surface area contributed by atoms with Gasteiger partial charge in [-0.2, -0.15) is 0 Å². The summed E-state index contributed by atoms with van der Waals surface area (Å²) < 4.78 is 0. The Morgan fingerprint density at radius 1 is 1.09 bits per heavy atom. The van der Waals surface area contributed by atoms with Gasteiger partial charge in [0.05, 0.1) is 16.6 Å². The van der Waals surface area contributed by atoms with E-state index in [2.05, 4.69) is 4.98 Å². The molecular formula is C24H18Cl2N2O4. The number of ketones is 1. The van der Waals surface area contributed by atoms with E-state index in [-0.39, 0.29) is 41.7 Å². The van der Waals surface area contributed by atoms with Crippen LogP contribution in [-0.2, 0) is 24.2 Å². The Morgan fingerprint density at radius 3 is 2.59 bits per heavy atom. The number of halogens is 2. The van der Waals surface area contributed by atoms with Gasteiger partial charge >= 0.3 is 5.97 Å². The lowest BCUT2D eigenvalue weighted by atomic mass is 9.99. The first kappa shape index (κ1) is 22.0. The van der Waals surface area contributed by atoms with E-state index in [1.165, 1.54) is 17.0 Å². The van der Waals surface area contributed by atoms with Crippen molar-refractivity contribution in [2.45, 2.75) is 25.4 Å². The molecule has 0 spiro atoms. The number of aromatic nitrogens is 1. The van der Waals surface area contributed by atoms with Crippen LogP contribution in [0.1, 0.15) is 37.5 Å². The monoisotopic (exact) mass is 468 g/mol. The first-order valence-corrected chi connectivity index (χ1v) is 10.6. The fourth-order valence-corrected chi connectivity index (χ4v) is 4.32. The molecule has 0 saturated heterocycles. The predicted molar refractivity (Wildman–Crippen MR) is 120 cm³/mol. The molecule has 2 aromatic carbocycles. The lowest BCUT2D eigenvalue weighted by Gasteiger charge is -2.29. The summed E-state index contributed by atoms with van der Waals surface area (Å²) >= 11 is 12.2. The molecule has 1 aliphatic rings. The summed E-state index contributed by atoms with van der Waals surface area (Å²) in [4.78, 5) is 43.9. The number of carboxylic acids is 1. The van der Waals surface area contributed by atoms with Crippen LogP contribution in [0.2, 0.25) is 10.0 Å². The minimum atomic E-state index is -1.14. The standard InChI is InChI=1S/C24H18Cl2N2O4/c25-16-5-7-18-15(10-16)11-22(29)21(12-17-3-1-2-8-27-17)28(23(18)30)13-14-4-6-19(24(31)32)20(26)9-14/h1-10,21H,11-13H2,(H,31,32)/t21-/m1/s1. The smallest absolute Gasteiger partial charge is 0.337 e. The van der Waals surface area contributed by atoms with Crippen molar-refractivity contribution >= 4 is 40.9 Å². The summed E-state index contributed by atoms with van der Waals surface area (Å²) in [5.41, 5.74) is 2.27. The third-order valence-corrected chi connectivity index (χ3v) is 5.96. The minimum Gasteiger partial charge on any atom is -0.478 e. The second-order valence-electron chi connectivity index (χ2n) is 7.54. The Bertz CT molecular complexity index is 1210. The zero-order valence-corrected chi connectivity index (χ0v) is 18.3. The van der Waals surface area contributed by atoms with Gasteiger partial charge in [0, 0.05) is 41.9 Å². The van der Waals surface area contributed by atoms with E-state index in [0.717, 1.165) is 0 Å². The Kier molecular flexibility index (Phi) is 6.26. The molecule has 0 aliphatic carbocycles. The first-order valence-electron chi connectivity index (χ1n) is 9.87. The van der Waals surface area contributed by atoms with E-state index in [9.17, 15) is 19.5 Å². The maximum Gasteiger partial charge on any atom is 0.337 e. The molecule has 1 atom stereocenters. The van der Waals surface area contributed by atoms with E-state index >= 15 is 0 Å². The van der Waals surface area contributed by atoms with Crippen LogP contribution in [0.25, 0.3) is 0 Å². The molecule has 0 saturated carbocycles. The highest BCUT2D eigenvalue weighted by Gasteiger charge is 2.35. The normalized spacial score (nSPS) is 15.9. The van der Waals surface area contributed by atoms with Crippen LogP contribution in [0.5, 0.6) is 0 Å². The van der Waals surface area contributed by atoms with Crippen LogP contribution in [0.3, 0.4) is 0 Å². The molecule has 4 rings (SSSR count). The number of carbonyl (C=O) groups is 3. The Labute approximate surface area is 194 Å². The largest absolute Gasteiger partial charge is 0.478 e. The van der Waals surface area contributed by atoms with Crippen molar-refractivity contribution in [2.75, 3.05) is 0 Å². The molecule has 0 bridgehead atoms. The molecule has 162 valence electrons. The van der Waals surface area contributed by atoms with Crippen molar-refractivity contribution in [3.63, 3.8) is 0 Å².